The minimum Gasteiger partial charge on any atom is -0.490 e. The minimum atomic E-state index is 0.503. The van der Waals surface area contributed by atoms with Gasteiger partial charge in [-0.05, 0) is 44.2 Å². The molecule has 0 bridgehead atoms. The van der Waals surface area contributed by atoms with Crippen molar-refractivity contribution in [2.45, 2.75) is 17.8 Å². The zero-order chi connectivity index (χ0) is 13.4. The van der Waals surface area contributed by atoms with Crippen LogP contribution >= 0.6 is 22.6 Å². The average Bonchev–Trinajstić information content (AvgIpc) is 2.62. The van der Waals surface area contributed by atoms with E-state index in [9.17, 15) is 0 Å². The molecule has 1 aliphatic heterocycles. The van der Waals surface area contributed by atoms with Crippen LogP contribution in [0.2, 0.25) is 0 Å². The molecule has 0 amide bonds. The fraction of sp³-hybridized carbons (Fsp3) is 0.333. The van der Waals surface area contributed by atoms with Crippen LogP contribution in [0.3, 0.4) is 0 Å². The minimum absolute atomic E-state index is 0.503. The van der Waals surface area contributed by atoms with Crippen LogP contribution in [0.4, 0.5) is 5.69 Å². The highest BCUT2D eigenvalue weighted by molar-refractivity contribution is 14.1. The number of aryl methyl sites for hydroxylation is 2. The van der Waals surface area contributed by atoms with E-state index in [1.165, 1.54) is 17.1 Å². The molecule has 3 nitrogen and oxygen atoms in total. The molecule has 1 aromatic carbocycles. The van der Waals surface area contributed by atoms with E-state index in [-0.39, 0.29) is 0 Å². The Hall–Kier alpha value is -1.17. The van der Waals surface area contributed by atoms with Crippen LogP contribution < -0.4 is 10.1 Å². The van der Waals surface area contributed by atoms with Crippen LogP contribution in [0.1, 0.15) is 11.4 Å². The summed E-state index contributed by atoms with van der Waals surface area (Å²) in [5.74, 6) is 0.949. The smallest absolute Gasteiger partial charge is 0.142 e. The van der Waals surface area contributed by atoms with Gasteiger partial charge in [0, 0.05) is 23.6 Å². The monoisotopic (exact) mass is 368 g/mol. The van der Waals surface area contributed by atoms with E-state index in [2.05, 4.69) is 76.7 Å². The molecule has 2 heterocycles. The number of anilines is 1. The molecule has 1 unspecified atom stereocenters. The second kappa shape index (κ2) is 5.07. The van der Waals surface area contributed by atoms with Gasteiger partial charge in [-0.1, -0.05) is 22.6 Å². The number of hydrogen-bond donors (Lipinski definition) is 1. The van der Waals surface area contributed by atoms with Gasteiger partial charge < -0.3 is 14.6 Å². The molecular formula is C15H17IN2O. The third-order valence-corrected chi connectivity index (χ3v) is 4.23. The Morgan fingerprint density at radius 1 is 1.21 bits per heavy atom. The zero-order valence-corrected chi connectivity index (χ0v) is 13.3. The number of nitrogens with zero attached hydrogens (tertiary/aromatic N) is 1. The van der Waals surface area contributed by atoms with Gasteiger partial charge in [0.25, 0.3) is 0 Å². The Morgan fingerprint density at radius 2 is 1.95 bits per heavy atom. The predicted molar refractivity (Wildman–Crippen MR) is 87.0 cm³/mol. The van der Waals surface area contributed by atoms with Crippen LogP contribution in [0, 0.1) is 13.8 Å². The standard InChI is InChI=1S/C15H17IN2O/c1-10-3-4-11(2)18(10)13-5-6-15-14(7-13)17-8-12(16)9-19-15/h3-7,12,17H,8-9H2,1-2H3. The third kappa shape index (κ3) is 2.45. The summed E-state index contributed by atoms with van der Waals surface area (Å²) in [5, 5.41) is 3.47. The van der Waals surface area contributed by atoms with Gasteiger partial charge in [0.05, 0.1) is 9.61 Å². The van der Waals surface area contributed by atoms with Gasteiger partial charge in [-0.2, -0.15) is 0 Å². The van der Waals surface area contributed by atoms with Gasteiger partial charge >= 0.3 is 0 Å². The van der Waals surface area contributed by atoms with Gasteiger partial charge in [0.1, 0.15) is 12.4 Å². The summed E-state index contributed by atoms with van der Waals surface area (Å²) in [6.07, 6.45) is 0. The van der Waals surface area contributed by atoms with E-state index in [4.69, 9.17) is 4.74 Å². The number of fused-ring (bicyclic) bond motifs is 1. The normalized spacial score (nSPS) is 18.2. The van der Waals surface area contributed by atoms with E-state index < -0.39 is 0 Å². The van der Waals surface area contributed by atoms with Crippen molar-refractivity contribution in [2.75, 3.05) is 18.5 Å². The highest BCUT2D eigenvalue weighted by Gasteiger charge is 2.15. The van der Waals surface area contributed by atoms with Crippen molar-refractivity contribution >= 4 is 28.3 Å². The second-order valence-electron chi connectivity index (χ2n) is 4.92. The van der Waals surface area contributed by atoms with Crippen LogP contribution in [-0.4, -0.2) is 21.6 Å². The zero-order valence-electron chi connectivity index (χ0n) is 11.1. The molecule has 0 saturated heterocycles. The fourth-order valence-corrected chi connectivity index (χ4v) is 2.86. The Balaban J connectivity index is 2.02. The molecule has 0 spiro atoms. The highest BCUT2D eigenvalue weighted by atomic mass is 127. The Morgan fingerprint density at radius 3 is 2.68 bits per heavy atom. The van der Waals surface area contributed by atoms with Crippen LogP contribution in [-0.2, 0) is 0 Å². The van der Waals surface area contributed by atoms with Crippen molar-refractivity contribution in [1.29, 1.82) is 0 Å². The Kier molecular flexibility index (Phi) is 3.43. The lowest BCUT2D eigenvalue weighted by atomic mass is 10.2. The van der Waals surface area contributed by atoms with Crippen molar-refractivity contribution < 1.29 is 4.74 Å². The number of alkyl halides is 1. The summed E-state index contributed by atoms with van der Waals surface area (Å²) in [5.41, 5.74) is 4.77. The lowest BCUT2D eigenvalue weighted by Crippen LogP contribution is -2.16. The summed E-state index contributed by atoms with van der Waals surface area (Å²) >= 11 is 2.42. The molecule has 0 aliphatic carbocycles. The first kappa shape index (κ1) is 12.8. The predicted octanol–water partition coefficient (Wildman–Crippen LogP) is 3.70. The molecule has 19 heavy (non-hydrogen) atoms. The lowest BCUT2D eigenvalue weighted by molar-refractivity contribution is 0.332. The van der Waals surface area contributed by atoms with Crippen LogP contribution in [0.25, 0.3) is 5.69 Å². The van der Waals surface area contributed by atoms with E-state index in [1.807, 2.05) is 0 Å². The molecule has 0 saturated carbocycles. The van der Waals surface area contributed by atoms with Gasteiger partial charge in [-0.15, -0.1) is 0 Å². The first-order chi connectivity index (χ1) is 9.15. The number of ether oxygens (including phenoxy) is 1. The molecule has 0 fully saturated rings. The maximum absolute atomic E-state index is 5.81. The first-order valence-electron chi connectivity index (χ1n) is 6.45. The van der Waals surface area contributed by atoms with Crippen molar-refractivity contribution in [3.63, 3.8) is 0 Å². The summed E-state index contributed by atoms with van der Waals surface area (Å²) in [6, 6.07) is 10.6. The van der Waals surface area contributed by atoms with Gasteiger partial charge in [-0.3, -0.25) is 0 Å². The summed E-state index contributed by atoms with van der Waals surface area (Å²) in [4.78, 5) is 0. The molecule has 1 aliphatic rings. The number of hydrogen-bond acceptors (Lipinski definition) is 2. The maximum Gasteiger partial charge on any atom is 0.142 e. The van der Waals surface area contributed by atoms with E-state index in [1.54, 1.807) is 0 Å². The van der Waals surface area contributed by atoms with Crippen molar-refractivity contribution in [1.82, 2.24) is 4.57 Å². The topological polar surface area (TPSA) is 26.2 Å². The molecule has 4 heteroatoms. The van der Waals surface area contributed by atoms with Gasteiger partial charge in [0.15, 0.2) is 0 Å². The molecule has 3 rings (SSSR count). The summed E-state index contributed by atoms with van der Waals surface area (Å²) < 4.78 is 8.58. The van der Waals surface area contributed by atoms with Gasteiger partial charge in [-0.25, -0.2) is 0 Å². The molecule has 2 aromatic rings. The number of nitrogens with one attached hydrogen (secondary N) is 1. The molecular weight excluding hydrogens is 351 g/mol. The summed E-state index contributed by atoms with van der Waals surface area (Å²) in [6.45, 7) is 5.97. The molecule has 1 aromatic heterocycles. The van der Waals surface area contributed by atoms with E-state index in [0.29, 0.717) is 3.92 Å². The number of benzene rings is 1. The van der Waals surface area contributed by atoms with Crippen LogP contribution in [0.15, 0.2) is 30.3 Å². The largest absolute Gasteiger partial charge is 0.490 e. The van der Waals surface area contributed by atoms with Crippen molar-refractivity contribution in [2.24, 2.45) is 0 Å². The highest BCUT2D eigenvalue weighted by Crippen LogP contribution is 2.31. The molecule has 0 radical (unpaired) electrons. The quantitative estimate of drug-likeness (QED) is 0.614. The fourth-order valence-electron chi connectivity index (χ4n) is 2.46. The Bertz CT molecular complexity index is 587. The average molecular weight is 368 g/mol. The second-order valence-corrected chi connectivity index (χ2v) is 6.68. The number of aromatic nitrogens is 1. The first-order valence-corrected chi connectivity index (χ1v) is 7.70. The Labute approximate surface area is 127 Å². The molecule has 100 valence electrons. The molecule has 1 atom stereocenters. The van der Waals surface area contributed by atoms with Gasteiger partial charge in [0.2, 0.25) is 0 Å². The van der Waals surface area contributed by atoms with E-state index >= 15 is 0 Å². The SMILES string of the molecule is Cc1ccc(C)n1-c1ccc2c(c1)NCC(I)CO2. The third-order valence-electron chi connectivity index (χ3n) is 3.43. The maximum atomic E-state index is 5.81. The van der Waals surface area contributed by atoms with E-state index in [0.717, 1.165) is 24.6 Å². The van der Waals surface area contributed by atoms with Crippen molar-refractivity contribution in [3.05, 3.63) is 41.7 Å². The van der Waals surface area contributed by atoms with Crippen molar-refractivity contribution in [3.8, 4) is 11.4 Å². The molecule has 1 N–H and O–H groups in total. The number of rotatable bonds is 1. The number of halogens is 1. The lowest BCUT2D eigenvalue weighted by Gasteiger charge is -2.13. The van der Waals surface area contributed by atoms with Crippen LogP contribution in [0.5, 0.6) is 5.75 Å². The summed E-state index contributed by atoms with van der Waals surface area (Å²) in [7, 11) is 0.